The van der Waals surface area contributed by atoms with Crippen LogP contribution in [0.5, 0.6) is 0 Å². The predicted octanol–water partition coefficient (Wildman–Crippen LogP) is 4.18. The molecule has 1 N–H and O–H groups in total. The highest BCUT2D eigenvalue weighted by Gasteiger charge is 2.21. The number of anilines is 1. The molecule has 1 aliphatic rings. The van der Waals surface area contributed by atoms with Crippen LogP contribution in [0.1, 0.15) is 5.56 Å². The minimum atomic E-state index is -0.629. The second kappa shape index (κ2) is 9.72. The third-order valence-electron chi connectivity index (χ3n) is 5.09. The van der Waals surface area contributed by atoms with Crippen molar-refractivity contribution in [2.75, 3.05) is 44.2 Å². The van der Waals surface area contributed by atoms with Gasteiger partial charge in [-0.05, 0) is 23.8 Å². The topological polar surface area (TPSA) is 48.5 Å². The molecule has 0 bridgehead atoms. The lowest BCUT2D eigenvalue weighted by atomic mass is 10.2. The second-order valence-corrected chi connectivity index (χ2v) is 8.62. The third kappa shape index (κ3) is 5.39. The number of fused-ring (bicyclic) bond motifs is 1. The molecule has 1 fully saturated rings. The van der Waals surface area contributed by atoms with Crippen LogP contribution in [0.3, 0.4) is 0 Å². The highest BCUT2D eigenvalue weighted by atomic mass is 35.5. The lowest BCUT2D eigenvalue weighted by molar-refractivity contribution is -0.116. The molecule has 0 saturated carbocycles. The number of nitrogens with zero attached hydrogens (tertiary/aromatic N) is 3. The molecule has 1 aromatic heterocycles. The third-order valence-corrected chi connectivity index (χ3v) is 6.50. The maximum atomic E-state index is 13.9. The molecule has 2 heterocycles. The van der Waals surface area contributed by atoms with Crippen LogP contribution in [0.2, 0.25) is 5.02 Å². The van der Waals surface area contributed by atoms with Crippen LogP contribution >= 0.6 is 22.9 Å². The lowest BCUT2D eigenvalue weighted by Gasteiger charge is -2.34. The number of amides is 1. The molecule has 9 heteroatoms. The Morgan fingerprint density at radius 3 is 2.74 bits per heavy atom. The van der Waals surface area contributed by atoms with Crippen molar-refractivity contribution < 1.29 is 13.6 Å². The van der Waals surface area contributed by atoms with E-state index in [1.54, 1.807) is 12.1 Å². The van der Waals surface area contributed by atoms with Crippen LogP contribution < -0.4 is 10.2 Å². The number of aromatic nitrogens is 1. The first kappa shape index (κ1) is 21.7. The van der Waals surface area contributed by atoms with E-state index in [1.807, 2.05) is 18.2 Å². The summed E-state index contributed by atoms with van der Waals surface area (Å²) >= 11 is 7.38. The molecule has 0 spiro atoms. The number of hydrogen-bond donors (Lipinski definition) is 1. The largest absolute Gasteiger partial charge is 0.351 e. The highest BCUT2D eigenvalue weighted by molar-refractivity contribution is 7.22. The fourth-order valence-electron chi connectivity index (χ4n) is 3.42. The van der Waals surface area contributed by atoms with Gasteiger partial charge in [-0.3, -0.25) is 9.69 Å². The number of nitrogens with one attached hydrogen (secondary N) is 1. The van der Waals surface area contributed by atoms with E-state index in [2.05, 4.69) is 20.1 Å². The predicted molar refractivity (Wildman–Crippen MR) is 122 cm³/mol. The molecule has 0 atom stereocenters. The average Bonchev–Trinajstić information content (AvgIpc) is 3.18. The zero-order valence-electron chi connectivity index (χ0n) is 16.7. The minimum Gasteiger partial charge on any atom is -0.351 e. The molecule has 0 unspecified atom stereocenters. The summed E-state index contributed by atoms with van der Waals surface area (Å²) in [5.41, 5.74) is 1.02. The van der Waals surface area contributed by atoms with E-state index in [9.17, 15) is 13.6 Å². The summed E-state index contributed by atoms with van der Waals surface area (Å²) in [6.45, 7) is 4.36. The van der Waals surface area contributed by atoms with Crippen molar-refractivity contribution >= 4 is 50.3 Å². The van der Waals surface area contributed by atoms with Crippen molar-refractivity contribution in [3.63, 3.8) is 0 Å². The quantitative estimate of drug-likeness (QED) is 0.558. The lowest BCUT2D eigenvalue weighted by Crippen LogP contribution is -2.48. The van der Waals surface area contributed by atoms with Gasteiger partial charge in [-0.15, -0.1) is 0 Å². The number of carbonyl (C=O) groups excluding carboxylic acids is 1. The molecular formula is C22H21ClF2N4OS. The van der Waals surface area contributed by atoms with Crippen molar-refractivity contribution in [1.82, 2.24) is 15.2 Å². The van der Waals surface area contributed by atoms with Crippen molar-refractivity contribution in [2.24, 2.45) is 0 Å². The van der Waals surface area contributed by atoms with Gasteiger partial charge in [-0.2, -0.15) is 0 Å². The Hall–Kier alpha value is -2.55. The molecule has 162 valence electrons. The molecule has 2 aromatic carbocycles. The molecule has 31 heavy (non-hydrogen) atoms. The number of hydrogen-bond acceptors (Lipinski definition) is 5. The van der Waals surface area contributed by atoms with E-state index in [1.165, 1.54) is 23.5 Å². The Balaban J connectivity index is 1.23. The number of benzene rings is 2. The smallest absolute Gasteiger partial charge is 0.244 e. The maximum Gasteiger partial charge on any atom is 0.244 e. The number of thiazole rings is 1. The van der Waals surface area contributed by atoms with E-state index >= 15 is 0 Å². The summed E-state index contributed by atoms with van der Waals surface area (Å²) in [5, 5.41) is 4.19. The standard InChI is InChI=1S/C22H21ClF2N4OS/c23-17-4-2-1-3-15(17)5-6-20(30)26-7-8-28-9-11-29(12-10-28)22-27-21-18(25)13-16(24)14-19(21)31-22/h1-6,13-14H,7-12H2,(H,26,30)/b6-5+. The van der Waals surface area contributed by atoms with E-state index in [-0.39, 0.29) is 11.4 Å². The van der Waals surface area contributed by atoms with Crippen LogP contribution in [0.4, 0.5) is 13.9 Å². The van der Waals surface area contributed by atoms with Crippen LogP contribution in [-0.4, -0.2) is 55.1 Å². The van der Waals surface area contributed by atoms with Gasteiger partial charge in [0.1, 0.15) is 11.3 Å². The Kier molecular flexibility index (Phi) is 6.80. The molecule has 1 aliphatic heterocycles. The minimum absolute atomic E-state index is 0.165. The Morgan fingerprint density at radius 2 is 1.97 bits per heavy atom. The molecular weight excluding hydrogens is 442 g/mol. The van der Waals surface area contributed by atoms with E-state index in [4.69, 9.17) is 11.6 Å². The van der Waals surface area contributed by atoms with Gasteiger partial charge in [0.15, 0.2) is 10.9 Å². The first-order chi connectivity index (χ1) is 15.0. The number of halogens is 3. The van der Waals surface area contributed by atoms with Gasteiger partial charge >= 0.3 is 0 Å². The molecule has 0 radical (unpaired) electrons. The van der Waals surface area contributed by atoms with E-state index < -0.39 is 11.6 Å². The normalized spacial score (nSPS) is 15.1. The molecule has 0 aliphatic carbocycles. The number of carbonyl (C=O) groups is 1. The second-order valence-electron chi connectivity index (χ2n) is 7.21. The fraction of sp³-hybridized carbons (Fsp3) is 0.273. The summed E-state index contributed by atoms with van der Waals surface area (Å²) in [6, 6.07) is 9.52. The molecule has 4 rings (SSSR count). The van der Waals surface area contributed by atoms with Gasteiger partial charge in [0.25, 0.3) is 0 Å². The molecule has 1 amide bonds. The average molecular weight is 463 g/mol. The van der Waals surface area contributed by atoms with E-state index in [0.29, 0.717) is 21.4 Å². The molecule has 3 aromatic rings. The first-order valence-corrected chi connectivity index (χ1v) is 11.1. The van der Waals surface area contributed by atoms with Gasteiger partial charge in [-0.25, -0.2) is 13.8 Å². The Labute approximate surface area is 187 Å². The summed E-state index contributed by atoms with van der Waals surface area (Å²) in [4.78, 5) is 20.7. The Bertz CT molecular complexity index is 1110. The summed E-state index contributed by atoms with van der Waals surface area (Å²) in [5.74, 6) is -1.38. The first-order valence-electron chi connectivity index (χ1n) is 9.93. The SMILES string of the molecule is O=C(/C=C/c1ccccc1Cl)NCCN1CCN(c2nc3c(F)cc(F)cc3s2)CC1. The van der Waals surface area contributed by atoms with Crippen LogP contribution in [0.25, 0.3) is 16.3 Å². The summed E-state index contributed by atoms with van der Waals surface area (Å²) < 4.78 is 27.8. The zero-order chi connectivity index (χ0) is 21.8. The molecule has 5 nitrogen and oxygen atoms in total. The van der Waals surface area contributed by atoms with Crippen molar-refractivity contribution in [3.05, 3.63) is 64.7 Å². The molecule has 1 saturated heterocycles. The van der Waals surface area contributed by atoms with Crippen LogP contribution in [0, 0.1) is 11.6 Å². The van der Waals surface area contributed by atoms with Gasteiger partial charge in [-0.1, -0.05) is 41.1 Å². The zero-order valence-corrected chi connectivity index (χ0v) is 18.2. The summed E-state index contributed by atoms with van der Waals surface area (Å²) in [6.07, 6.45) is 3.18. The maximum absolute atomic E-state index is 13.9. The number of piperazine rings is 1. The van der Waals surface area contributed by atoms with Crippen LogP contribution in [0.15, 0.2) is 42.5 Å². The number of rotatable bonds is 6. The van der Waals surface area contributed by atoms with Crippen molar-refractivity contribution in [2.45, 2.75) is 0 Å². The van der Waals surface area contributed by atoms with Crippen LogP contribution in [-0.2, 0) is 4.79 Å². The Morgan fingerprint density at radius 1 is 1.19 bits per heavy atom. The van der Waals surface area contributed by atoms with Gasteiger partial charge in [0.05, 0.1) is 4.70 Å². The van der Waals surface area contributed by atoms with Gasteiger partial charge < -0.3 is 10.2 Å². The van der Waals surface area contributed by atoms with Crippen molar-refractivity contribution in [1.29, 1.82) is 0 Å². The fourth-order valence-corrected chi connectivity index (χ4v) is 4.67. The summed E-state index contributed by atoms with van der Waals surface area (Å²) in [7, 11) is 0. The highest BCUT2D eigenvalue weighted by Crippen LogP contribution is 2.31. The monoisotopic (exact) mass is 462 g/mol. The van der Waals surface area contributed by atoms with Crippen molar-refractivity contribution in [3.8, 4) is 0 Å². The van der Waals surface area contributed by atoms with E-state index in [0.717, 1.165) is 44.4 Å². The van der Waals surface area contributed by atoms with Gasteiger partial charge in [0, 0.05) is 56.4 Å². The van der Waals surface area contributed by atoms with Gasteiger partial charge in [0.2, 0.25) is 5.91 Å².